The lowest BCUT2D eigenvalue weighted by molar-refractivity contribution is -0.144. The van der Waals surface area contributed by atoms with Crippen LogP contribution in [0.4, 0.5) is 4.39 Å². The van der Waals surface area contributed by atoms with Crippen molar-refractivity contribution in [2.45, 2.75) is 57.7 Å². The highest BCUT2D eigenvalue weighted by Crippen LogP contribution is 2.47. The van der Waals surface area contributed by atoms with Crippen LogP contribution in [0.3, 0.4) is 0 Å². The molecule has 3 N–H and O–H groups in total. The van der Waals surface area contributed by atoms with Gasteiger partial charge in [-0.1, -0.05) is 78.4 Å². The summed E-state index contributed by atoms with van der Waals surface area (Å²) >= 11 is 0. The van der Waals surface area contributed by atoms with Crippen molar-refractivity contribution >= 4 is 23.5 Å². The second-order valence-electron chi connectivity index (χ2n) is 13.2. The Kier molecular flexibility index (Phi) is 10.0. The number of phenolic OH excluding ortho intramolecular Hbond substituents is 1. The third kappa shape index (κ3) is 6.96. The minimum atomic E-state index is -0.935. The van der Waals surface area contributed by atoms with Gasteiger partial charge in [0.2, 0.25) is 11.8 Å². The first-order valence-corrected chi connectivity index (χ1v) is 16.6. The fraction of sp³-hybridized carbons (Fsp3) is 0.385. The zero-order valence-electron chi connectivity index (χ0n) is 26.8. The lowest BCUT2D eigenvalue weighted by Crippen LogP contribution is -2.47. The summed E-state index contributed by atoms with van der Waals surface area (Å²) in [6.07, 6.45) is 3.48. The average molecular weight is 639 g/mol. The molecule has 0 unspecified atom stereocenters. The number of piperidine rings is 1. The third-order valence-corrected chi connectivity index (χ3v) is 10.2. The zero-order valence-corrected chi connectivity index (χ0v) is 26.8. The highest BCUT2D eigenvalue weighted by atomic mass is 19.1. The van der Waals surface area contributed by atoms with Gasteiger partial charge in [0, 0.05) is 31.6 Å². The number of aromatic hydroxyl groups is 1. The molecular formula is C39H43FN2O5. The molecule has 2 fully saturated rings. The number of imide groups is 1. The molecule has 2 saturated heterocycles. The van der Waals surface area contributed by atoms with Crippen LogP contribution >= 0.6 is 0 Å². The van der Waals surface area contributed by atoms with Crippen LogP contribution in [-0.2, 0) is 16.1 Å². The maximum atomic E-state index is 14.1. The van der Waals surface area contributed by atoms with Crippen LogP contribution in [-0.4, -0.2) is 68.8 Å². The first kappa shape index (κ1) is 32.8. The van der Waals surface area contributed by atoms with Crippen molar-refractivity contribution in [3.63, 3.8) is 0 Å². The number of aliphatic hydroxyl groups excluding tert-OH is 2. The maximum absolute atomic E-state index is 14.1. The predicted molar refractivity (Wildman–Crippen MR) is 179 cm³/mol. The second kappa shape index (κ2) is 14.3. The lowest BCUT2D eigenvalue weighted by Gasteiger charge is -2.36. The first-order chi connectivity index (χ1) is 22.7. The second-order valence-corrected chi connectivity index (χ2v) is 13.2. The molecule has 0 radical (unpaired) electrons. The molecule has 1 aliphatic carbocycles. The van der Waals surface area contributed by atoms with Crippen LogP contribution in [0.2, 0.25) is 0 Å². The molecule has 0 aromatic heterocycles. The molecule has 3 aliphatic rings. The summed E-state index contributed by atoms with van der Waals surface area (Å²) < 4.78 is 14.1. The molecule has 0 spiro atoms. The first-order valence-electron chi connectivity index (χ1n) is 16.6. The van der Waals surface area contributed by atoms with E-state index in [0.29, 0.717) is 30.4 Å². The van der Waals surface area contributed by atoms with E-state index in [-0.39, 0.29) is 24.5 Å². The minimum Gasteiger partial charge on any atom is -0.505 e. The number of hydrogen-bond acceptors (Lipinski definition) is 6. The summed E-state index contributed by atoms with van der Waals surface area (Å²) in [4.78, 5) is 31.6. The smallest absolute Gasteiger partial charge is 0.234 e. The van der Waals surface area contributed by atoms with Gasteiger partial charge in [0.1, 0.15) is 0 Å². The number of fused-ring (bicyclic) bond motifs is 1. The van der Waals surface area contributed by atoms with E-state index in [9.17, 15) is 29.3 Å². The van der Waals surface area contributed by atoms with Crippen LogP contribution in [0, 0.1) is 23.6 Å². The molecule has 6 rings (SSSR count). The van der Waals surface area contributed by atoms with E-state index in [1.54, 1.807) is 6.07 Å². The largest absolute Gasteiger partial charge is 0.505 e. The summed E-state index contributed by atoms with van der Waals surface area (Å²) in [7, 11) is 0. The van der Waals surface area contributed by atoms with Crippen LogP contribution < -0.4 is 0 Å². The fourth-order valence-corrected chi connectivity index (χ4v) is 7.89. The van der Waals surface area contributed by atoms with Gasteiger partial charge in [-0.15, -0.1) is 0 Å². The number of nitrogens with zero attached hydrogens (tertiary/aromatic N) is 2. The van der Waals surface area contributed by atoms with Crippen molar-refractivity contribution in [3.8, 4) is 5.75 Å². The number of carbonyl (C=O) groups is 2. The topological polar surface area (TPSA) is 101 Å². The van der Waals surface area contributed by atoms with Gasteiger partial charge in [0.15, 0.2) is 11.6 Å². The molecule has 47 heavy (non-hydrogen) atoms. The number of carbonyl (C=O) groups excluding carboxylic acids is 2. The van der Waals surface area contributed by atoms with Crippen LogP contribution in [0.1, 0.15) is 55.7 Å². The average Bonchev–Trinajstić information content (AvgIpc) is 3.33. The van der Waals surface area contributed by atoms with Gasteiger partial charge in [0.25, 0.3) is 0 Å². The van der Waals surface area contributed by atoms with Crippen molar-refractivity contribution in [2.24, 2.45) is 17.8 Å². The van der Waals surface area contributed by atoms with E-state index < -0.39 is 35.4 Å². The molecular weight excluding hydrogens is 595 g/mol. The number of aliphatic hydroxyl groups is 2. The fourth-order valence-electron chi connectivity index (χ4n) is 7.89. The Morgan fingerprint density at radius 2 is 1.66 bits per heavy atom. The van der Waals surface area contributed by atoms with Crippen LogP contribution in [0.5, 0.6) is 5.75 Å². The molecule has 0 saturated carbocycles. The zero-order chi connectivity index (χ0) is 33.1. The van der Waals surface area contributed by atoms with Gasteiger partial charge in [-0.25, -0.2) is 4.39 Å². The SMILES string of the molecule is CC1=C([C@H](O)CC/C(=C/c2ccc(O)c(F)c2)c2ccccc2)[C@H](CO)[C@@H]2C(=O)N(C3CCN(Cc4ccccc4)CC3)C(=O)[C@@H]2C1. The Balaban J connectivity index is 1.16. The van der Waals surface area contributed by atoms with E-state index in [1.165, 1.54) is 22.6 Å². The molecule has 2 heterocycles. The van der Waals surface area contributed by atoms with Crippen LogP contribution in [0.15, 0.2) is 90.0 Å². The van der Waals surface area contributed by atoms with Crippen LogP contribution in [0.25, 0.3) is 11.6 Å². The highest BCUT2D eigenvalue weighted by molar-refractivity contribution is 6.06. The molecule has 7 nitrogen and oxygen atoms in total. The molecule has 2 aliphatic heterocycles. The van der Waals surface area contributed by atoms with E-state index in [0.717, 1.165) is 49.2 Å². The van der Waals surface area contributed by atoms with E-state index >= 15 is 0 Å². The number of amides is 2. The van der Waals surface area contributed by atoms with Gasteiger partial charge in [-0.3, -0.25) is 19.4 Å². The molecule has 2 amide bonds. The number of hydrogen-bond donors (Lipinski definition) is 3. The Labute approximate surface area is 275 Å². The number of phenols is 1. The summed E-state index contributed by atoms with van der Waals surface area (Å²) in [6.45, 7) is 3.99. The summed E-state index contributed by atoms with van der Waals surface area (Å²) in [6, 6.07) is 24.0. The quantitative estimate of drug-likeness (QED) is 0.147. The summed E-state index contributed by atoms with van der Waals surface area (Å²) in [5.74, 6) is -3.36. The van der Waals surface area contributed by atoms with Gasteiger partial charge in [-0.2, -0.15) is 0 Å². The lowest BCUT2D eigenvalue weighted by atomic mass is 9.68. The molecule has 0 bridgehead atoms. The van der Waals surface area contributed by atoms with E-state index in [1.807, 2.05) is 61.5 Å². The molecule has 3 aromatic rings. The standard InChI is InChI=1S/C39H43FN2O5/c1-25-20-31-37(39(47)42(38(31)46)30-16-18-41(19-17-30)23-26-8-4-2-5-9-26)32(24-43)36(25)35(45)15-13-29(28-10-6-3-7-11-28)21-27-12-14-34(44)33(40)22-27/h2-12,14,21-22,30-32,35,37,43-45H,13,15-20,23-24H2,1H3/b29-21-/t31-,32+,35-,37-/m1/s1. The molecule has 8 heteroatoms. The van der Waals surface area contributed by atoms with E-state index in [2.05, 4.69) is 17.0 Å². The highest BCUT2D eigenvalue weighted by Gasteiger charge is 2.56. The summed E-state index contributed by atoms with van der Waals surface area (Å²) in [5.41, 5.74) is 5.12. The number of likely N-dealkylation sites (tertiary alicyclic amines) is 2. The Morgan fingerprint density at radius 1 is 0.979 bits per heavy atom. The molecule has 4 atom stereocenters. The predicted octanol–water partition coefficient (Wildman–Crippen LogP) is 5.81. The monoisotopic (exact) mass is 638 g/mol. The molecule has 3 aromatic carbocycles. The normalized spacial score (nSPS) is 23.4. The maximum Gasteiger partial charge on any atom is 0.234 e. The molecule has 246 valence electrons. The Hall–Kier alpha value is -4.11. The van der Waals surface area contributed by atoms with Crippen molar-refractivity contribution in [2.75, 3.05) is 19.7 Å². The van der Waals surface area contributed by atoms with Crippen molar-refractivity contribution in [1.82, 2.24) is 9.80 Å². The number of rotatable bonds is 10. The van der Waals surface area contributed by atoms with Gasteiger partial charge < -0.3 is 15.3 Å². The van der Waals surface area contributed by atoms with Gasteiger partial charge in [-0.05, 0) is 79.0 Å². The summed E-state index contributed by atoms with van der Waals surface area (Å²) in [5, 5.41) is 31.9. The van der Waals surface area contributed by atoms with E-state index in [4.69, 9.17) is 0 Å². The number of allylic oxidation sites excluding steroid dienone is 2. The van der Waals surface area contributed by atoms with Crippen molar-refractivity contribution in [3.05, 3.63) is 113 Å². The third-order valence-electron chi connectivity index (χ3n) is 10.2. The number of halogens is 1. The minimum absolute atomic E-state index is 0.150. The van der Waals surface area contributed by atoms with Crippen molar-refractivity contribution < 1.29 is 29.3 Å². The Bertz CT molecular complexity index is 1650. The number of benzene rings is 3. The van der Waals surface area contributed by atoms with Gasteiger partial charge >= 0.3 is 0 Å². The van der Waals surface area contributed by atoms with Crippen molar-refractivity contribution in [1.29, 1.82) is 0 Å². The van der Waals surface area contributed by atoms with Gasteiger partial charge in [0.05, 0.1) is 24.5 Å². The Morgan fingerprint density at radius 3 is 2.32 bits per heavy atom.